The Morgan fingerprint density at radius 1 is 0.870 bits per heavy atom. The van der Waals surface area contributed by atoms with Crippen LogP contribution in [0.25, 0.3) is 0 Å². The summed E-state index contributed by atoms with van der Waals surface area (Å²) in [4.78, 5) is 6.79. The summed E-state index contributed by atoms with van der Waals surface area (Å²) < 4.78 is 0. The Bertz CT molecular complexity index is 713. The predicted molar refractivity (Wildman–Crippen MR) is 96.2 cm³/mol. The summed E-state index contributed by atoms with van der Waals surface area (Å²) in [6.07, 6.45) is 1.87. The van der Waals surface area contributed by atoms with E-state index >= 15 is 0 Å². The van der Waals surface area contributed by atoms with Crippen molar-refractivity contribution < 1.29 is 0 Å². The van der Waals surface area contributed by atoms with Crippen molar-refractivity contribution in [1.29, 1.82) is 0 Å². The van der Waals surface area contributed by atoms with Crippen LogP contribution in [0.4, 0.5) is 11.5 Å². The van der Waals surface area contributed by atoms with Crippen LogP contribution in [-0.2, 0) is 13.1 Å². The van der Waals surface area contributed by atoms with Crippen LogP contribution in [0.1, 0.15) is 16.7 Å². The first-order chi connectivity index (χ1) is 11.2. The molecule has 1 aromatic heterocycles. The first-order valence-corrected chi connectivity index (χ1v) is 7.77. The van der Waals surface area contributed by atoms with E-state index in [0.29, 0.717) is 0 Å². The zero-order chi connectivity index (χ0) is 16.1. The molecule has 0 bridgehead atoms. The van der Waals surface area contributed by atoms with Crippen molar-refractivity contribution in [2.24, 2.45) is 0 Å². The Morgan fingerprint density at radius 3 is 1.87 bits per heavy atom. The van der Waals surface area contributed by atoms with E-state index in [2.05, 4.69) is 58.4 Å². The SMILES string of the molecule is Cc1cnc(N(Cc2ccccc2)Cc2ccccc2)c(N)c1. The van der Waals surface area contributed by atoms with Crippen molar-refractivity contribution >= 4 is 11.5 Å². The maximum atomic E-state index is 6.23. The average molecular weight is 303 g/mol. The fourth-order valence-electron chi connectivity index (χ4n) is 2.66. The summed E-state index contributed by atoms with van der Waals surface area (Å²) in [5.41, 5.74) is 10.5. The van der Waals surface area contributed by atoms with Crippen LogP contribution in [0.2, 0.25) is 0 Å². The van der Waals surface area contributed by atoms with Crippen LogP contribution in [-0.4, -0.2) is 4.98 Å². The first-order valence-electron chi connectivity index (χ1n) is 7.77. The summed E-state index contributed by atoms with van der Waals surface area (Å²) in [5.74, 6) is 0.836. The standard InChI is InChI=1S/C20H21N3/c1-16-12-19(21)20(22-13-16)23(14-17-8-4-2-5-9-17)15-18-10-6-3-7-11-18/h2-13H,14-15,21H2,1H3. The number of nitrogens with zero attached hydrogens (tertiary/aromatic N) is 2. The summed E-state index contributed by atoms with van der Waals surface area (Å²) in [5, 5.41) is 0. The zero-order valence-electron chi connectivity index (χ0n) is 13.3. The van der Waals surface area contributed by atoms with Gasteiger partial charge in [-0.2, -0.15) is 0 Å². The van der Waals surface area contributed by atoms with Crippen LogP contribution >= 0.6 is 0 Å². The molecule has 0 atom stereocenters. The number of hydrogen-bond acceptors (Lipinski definition) is 3. The third-order valence-electron chi connectivity index (χ3n) is 3.76. The molecule has 3 heteroatoms. The fraction of sp³-hybridized carbons (Fsp3) is 0.150. The number of benzene rings is 2. The van der Waals surface area contributed by atoms with Gasteiger partial charge < -0.3 is 10.6 Å². The van der Waals surface area contributed by atoms with Crippen LogP contribution in [0.3, 0.4) is 0 Å². The van der Waals surface area contributed by atoms with Gasteiger partial charge >= 0.3 is 0 Å². The lowest BCUT2D eigenvalue weighted by atomic mass is 10.1. The maximum Gasteiger partial charge on any atom is 0.152 e. The third kappa shape index (κ3) is 3.89. The number of pyridine rings is 1. The van der Waals surface area contributed by atoms with Gasteiger partial charge in [0, 0.05) is 19.3 Å². The minimum absolute atomic E-state index is 0.719. The van der Waals surface area contributed by atoms with Gasteiger partial charge in [0.05, 0.1) is 5.69 Å². The van der Waals surface area contributed by atoms with Gasteiger partial charge in [0.2, 0.25) is 0 Å². The van der Waals surface area contributed by atoms with E-state index in [-0.39, 0.29) is 0 Å². The quantitative estimate of drug-likeness (QED) is 0.769. The molecule has 1 heterocycles. The lowest BCUT2D eigenvalue weighted by Crippen LogP contribution is -2.24. The molecule has 3 rings (SSSR count). The van der Waals surface area contributed by atoms with Crippen molar-refractivity contribution in [2.75, 3.05) is 10.6 Å². The van der Waals surface area contributed by atoms with Crippen molar-refractivity contribution in [2.45, 2.75) is 20.0 Å². The number of nitrogens with two attached hydrogens (primary N) is 1. The van der Waals surface area contributed by atoms with Gasteiger partial charge in [-0.3, -0.25) is 0 Å². The Kier molecular flexibility index (Phi) is 4.57. The molecule has 0 spiro atoms. The molecule has 0 saturated heterocycles. The molecule has 0 aliphatic heterocycles. The van der Waals surface area contributed by atoms with Gasteiger partial charge in [-0.15, -0.1) is 0 Å². The molecular weight excluding hydrogens is 282 g/mol. The highest BCUT2D eigenvalue weighted by molar-refractivity contribution is 5.63. The van der Waals surface area contributed by atoms with Crippen molar-refractivity contribution in [3.63, 3.8) is 0 Å². The van der Waals surface area contributed by atoms with E-state index in [1.54, 1.807) is 0 Å². The van der Waals surface area contributed by atoms with E-state index in [9.17, 15) is 0 Å². The zero-order valence-corrected chi connectivity index (χ0v) is 13.3. The molecule has 0 fully saturated rings. The largest absolute Gasteiger partial charge is 0.396 e. The third-order valence-corrected chi connectivity index (χ3v) is 3.76. The minimum atomic E-state index is 0.719. The Balaban J connectivity index is 1.92. The molecule has 2 aromatic carbocycles. The van der Waals surface area contributed by atoms with Crippen molar-refractivity contribution in [3.8, 4) is 0 Å². The minimum Gasteiger partial charge on any atom is -0.396 e. The lowest BCUT2D eigenvalue weighted by molar-refractivity contribution is 0.784. The molecular formula is C20H21N3. The summed E-state index contributed by atoms with van der Waals surface area (Å²) >= 11 is 0. The highest BCUT2D eigenvalue weighted by Gasteiger charge is 2.13. The molecule has 3 aromatic rings. The molecule has 23 heavy (non-hydrogen) atoms. The molecule has 0 unspecified atom stereocenters. The van der Waals surface area contributed by atoms with Gasteiger partial charge in [-0.1, -0.05) is 60.7 Å². The molecule has 0 aliphatic carbocycles. The molecule has 2 N–H and O–H groups in total. The van der Waals surface area contributed by atoms with E-state index in [0.717, 1.165) is 30.2 Å². The second-order valence-electron chi connectivity index (χ2n) is 5.75. The number of rotatable bonds is 5. The maximum absolute atomic E-state index is 6.23. The van der Waals surface area contributed by atoms with E-state index in [4.69, 9.17) is 5.73 Å². The fourth-order valence-corrected chi connectivity index (χ4v) is 2.66. The van der Waals surface area contributed by atoms with Crippen LogP contribution in [0.15, 0.2) is 72.9 Å². The smallest absolute Gasteiger partial charge is 0.152 e. The highest BCUT2D eigenvalue weighted by atomic mass is 15.2. The Morgan fingerprint density at radius 2 is 1.39 bits per heavy atom. The molecule has 0 amide bonds. The van der Waals surface area contributed by atoms with Crippen LogP contribution in [0, 0.1) is 6.92 Å². The van der Waals surface area contributed by atoms with Gasteiger partial charge in [-0.05, 0) is 29.7 Å². The molecule has 0 aliphatic rings. The molecule has 0 saturated carbocycles. The second-order valence-corrected chi connectivity index (χ2v) is 5.75. The number of hydrogen-bond donors (Lipinski definition) is 1. The molecule has 3 nitrogen and oxygen atoms in total. The summed E-state index contributed by atoms with van der Waals surface area (Å²) in [7, 11) is 0. The predicted octanol–water partition coefficient (Wildman–Crippen LogP) is 4.18. The summed E-state index contributed by atoms with van der Waals surface area (Å²) in [6, 6.07) is 22.8. The average Bonchev–Trinajstić information content (AvgIpc) is 2.56. The van der Waals surface area contributed by atoms with Crippen molar-refractivity contribution in [1.82, 2.24) is 4.98 Å². The highest BCUT2D eigenvalue weighted by Crippen LogP contribution is 2.24. The molecule has 0 radical (unpaired) electrons. The molecule has 116 valence electrons. The van der Waals surface area contributed by atoms with Gasteiger partial charge in [-0.25, -0.2) is 4.98 Å². The van der Waals surface area contributed by atoms with E-state index in [1.807, 2.05) is 31.3 Å². The Labute approximate surface area is 137 Å². The van der Waals surface area contributed by atoms with E-state index < -0.39 is 0 Å². The Hall–Kier alpha value is -2.81. The number of nitrogen functional groups attached to an aromatic ring is 1. The number of aryl methyl sites for hydroxylation is 1. The van der Waals surface area contributed by atoms with Crippen LogP contribution < -0.4 is 10.6 Å². The van der Waals surface area contributed by atoms with Crippen molar-refractivity contribution in [3.05, 3.63) is 89.6 Å². The van der Waals surface area contributed by atoms with E-state index in [1.165, 1.54) is 11.1 Å². The normalized spacial score (nSPS) is 10.5. The number of aromatic nitrogens is 1. The van der Waals surface area contributed by atoms with Crippen LogP contribution in [0.5, 0.6) is 0 Å². The topological polar surface area (TPSA) is 42.2 Å². The second kappa shape index (κ2) is 6.97. The van der Waals surface area contributed by atoms with Gasteiger partial charge in [0.25, 0.3) is 0 Å². The number of anilines is 2. The van der Waals surface area contributed by atoms with Gasteiger partial charge in [0.1, 0.15) is 0 Å². The van der Waals surface area contributed by atoms with Gasteiger partial charge in [0.15, 0.2) is 5.82 Å². The summed E-state index contributed by atoms with van der Waals surface area (Å²) in [6.45, 7) is 3.55. The first kappa shape index (κ1) is 15.1. The lowest BCUT2D eigenvalue weighted by Gasteiger charge is -2.25. The monoisotopic (exact) mass is 303 g/mol.